The Bertz CT molecular complexity index is 1050. The first-order valence-corrected chi connectivity index (χ1v) is 11.1. The molecule has 0 radical (unpaired) electrons. The highest BCUT2D eigenvalue weighted by atomic mass is 32.2. The lowest BCUT2D eigenvalue weighted by Crippen LogP contribution is -2.38. The van der Waals surface area contributed by atoms with Crippen molar-refractivity contribution in [3.05, 3.63) is 47.3 Å². The molecule has 0 spiro atoms. The highest BCUT2D eigenvalue weighted by molar-refractivity contribution is 7.89. The zero-order valence-electron chi connectivity index (χ0n) is 17.2. The second-order valence-corrected chi connectivity index (χ2v) is 9.62. The van der Waals surface area contributed by atoms with Crippen LogP contribution < -0.4 is 5.32 Å². The fourth-order valence-electron chi connectivity index (χ4n) is 3.53. The zero-order valence-corrected chi connectivity index (χ0v) is 18.0. The molecule has 0 aliphatic carbocycles. The molecule has 1 aromatic heterocycles. The Labute approximate surface area is 171 Å². The number of carbonyl (C=O) groups is 2. The molecule has 3 rings (SSSR count). The highest BCUT2D eigenvalue weighted by Crippen LogP contribution is 2.27. The monoisotopic (exact) mass is 417 g/mol. The second-order valence-electron chi connectivity index (χ2n) is 7.72. The van der Waals surface area contributed by atoms with Gasteiger partial charge >= 0.3 is 0 Å². The van der Waals surface area contributed by atoms with Crippen LogP contribution in [0.2, 0.25) is 0 Å². The Kier molecular flexibility index (Phi) is 5.95. The van der Waals surface area contributed by atoms with Crippen LogP contribution in [0.4, 0.5) is 5.69 Å². The fraction of sp³-hybridized carbons (Fsp3) is 0.429. The van der Waals surface area contributed by atoms with E-state index in [1.165, 1.54) is 17.3 Å². The van der Waals surface area contributed by atoms with E-state index in [9.17, 15) is 18.0 Å². The van der Waals surface area contributed by atoms with E-state index in [2.05, 4.69) is 12.2 Å². The lowest BCUT2D eigenvalue weighted by molar-refractivity contribution is 0.100. The van der Waals surface area contributed by atoms with Crippen molar-refractivity contribution in [2.24, 2.45) is 13.0 Å². The van der Waals surface area contributed by atoms with Crippen molar-refractivity contribution in [1.29, 1.82) is 0 Å². The van der Waals surface area contributed by atoms with E-state index in [0.29, 0.717) is 36.0 Å². The van der Waals surface area contributed by atoms with Gasteiger partial charge in [-0.3, -0.25) is 9.59 Å². The fourth-order valence-corrected chi connectivity index (χ4v) is 5.27. The van der Waals surface area contributed by atoms with Gasteiger partial charge in [-0.25, -0.2) is 8.42 Å². The summed E-state index contributed by atoms with van der Waals surface area (Å²) >= 11 is 0. The van der Waals surface area contributed by atoms with Crippen LogP contribution in [0.25, 0.3) is 0 Å². The van der Waals surface area contributed by atoms with E-state index in [0.717, 1.165) is 12.8 Å². The van der Waals surface area contributed by atoms with Gasteiger partial charge in [0, 0.05) is 37.1 Å². The summed E-state index contributed by atoms with van der Waals surface area (Å²) in [5, 5.41) is 2.75. The number of nitrogens with zero attached hydrogens (tertiary/aromatic N) is 2. The Morgan fingerprint density at radius 1 is 1.14 bits per heavy atom. The number of carbonyl (C=O) groups excluding carboxylic acids is 2. The molecule has 156 valence electrons. The smallest absolute Gasteiger partial charge is 0.272 e. The average Bonchev–Trinajstić information content (AvgIpc) is 2.98. The van der Waals surface area contributed by atoms with Gasteiger partial charge in [0.15, 0.2) is 5.78 Å². The van der Waals surface area contributed by atoms with Gasteiger partial charge in [0.05, 0.1) is 0 Å². The molecule has 1 amide bonds. The van der Waals surface area contributed by atoms with Crippen molar-refractivity contribution in [3.8, 4) is 0 Å². The summed E-state index contributed by atoms with van der Waals surface area (Å²) in [7, 11) is -1.98. The summed E-state index contributed by atoms with van der Waals surface area (Å²) in [5.41, 5.74) is 1.75. The van der Waals surface area contributed by atoms with Crippen molar-refractivity contribution in [1.82, 2.24) is 8.87 Å². The molecule has 1 aliphatic rings. The maximum Gasteiger partial charge on any atom is 0.272 e. The van der Waals surface area contributed by atoms with Crippen LogP contribution in [0.1, 0.15) is 53.2 Å². The highest BCUT2D eigenvalue weighted by Gasteiger charge is 2.32. The van der Waals surface area contributed by atoms with Crippen LogP contribution in [0, 0.1) is 12.8 Å². The van der Waals surface area contributed by atoms with Crippen molar-refractivity contribution in [2.75, 3.05) is 18.4 Å². The molecule has 0 atom stereocenters. The lowest BCUT2D eigenvalue weighted by Gasteiger charge is -2.29. The third-order valence-corrected chi connectivity index (χ3v) is 7.62. The molecule has 1 aliphatic heterocycles. The number of nitrogens with one attached hydrogen (secondary N) is 1. The van der Waals surface area contributed by atoms with Crippen molar-refractivity contribution < 1.29 is 18.0 Å². The van der Waals surface area contributed by atoms with E-state index in [-0.39, 0.29) is 16.4 Å². The van der Waals surface area contributed by atoms with E-state index in [1.807, 2.05) is 0 Å². The summed E-state index contributed by atoms with van der Waals surface area (Å²) in [6.45, 7) is 6.28. The number of hydrogen-bond acceptors (Lipinski definition) is 4. The molecule has 7 nitrogen and oxygen atoms in total. The quantitative estimate of drug-likeness (QED) is 0.757. The Hall–Kier alpha value is -2.45. The molecule has 1 fully saturated rings. The minimum absolute atomic E-state index is 0.0972. The Morgan fingerprint density at radius 2 is 1.79 bits per heavy atom. The Morgan fingerprint density at radius 3 is 2.41 bits per heavy atom. The van der Waals surface area contributed by atoms with Crippen LogP contribution in [-0.2, 0) is 17.1 Å². The predicted octanol–water partition coefficient (Wildman–Crippen LogP) is 3.21. The van der Waals surface area contributed by atoms with Crippen LogP contribution in [0.15, 0.2) is 35.2 Å². The van der Waals surface area contributed by atoms with E-state index >= 15 is 0 Å². The standard InChI is InChI=1S/C21H27N3O4S/c1-14-8-10-24(11-9-14)29(27,28)20-13-19(23(4)15(20)2)21(26)22-18-7-5-6-17(12-18)16(3)25/h5-7,12-14H,8-11H2,1-4H3,(H,22,26). The molecular weight excluding hydrogens is 390 g/mol. The number of anilines is 1. The van der Waals surface area contributed by atoms with Crippen LogP contribution in [0.5, 0.6) is 0 Å². The molecule has 1 saturated heterocycles. The third kappa shape index (κ3) is 4.28. The number of rotatable bonds is 5. The first-order chi connectivity index (χ1) is 13.6. The minimum Gasteiger partial charge on any atom is -0.343 e. The molecule has 29 heavy (non-hydrogen) atoms. The predicted molar refractivity (Wildman–Crippen MR) is 112 cm³/mol. The normalized spacial score (nSPS) is 16.0. The van der Waals surface area contributed by atoms with Crippen molar-refractivity contribution in [3.63, 3.8) is 0 Å². The molecule has 0 unspecified atom stereocenters. The average molecular weight is 418 g/mol. The van der Waals surface area contributed by atoms with Crippen molar-refractivity contribution >= 4 is 27.4 Å². The largest absolute Gasteiger partial charge is 0.343 e. The molecule has 8 heteroatoms. The minimum atomic E-state index is -3.65. The zero-order chi connectivity index (χ0) is 21.3. The van der Waals surface area contributed by atoms with E-state index in [1.54, 1.807) is 42.8 Å². The van der Waals surface area contributed by atoms with Gasteiger partial charge in [-0.05, 0) is 50.8 Å². The number of amides is 1. The summed E-state index contributed by atoms with van der Waals surface area (Å²) in [4.78, 5) is 24.5. The van der Waals surface area contributed by atoms with E-state index < -0.39 is 15.9 Å². The van der Waals surface area contributed by atoms with Gasteiger partial charge in [0.2, 0.25) is 10.0 Å². The molecular formula is C21H27N3O4S. The summed E-state index contributed by atoms with van der Waals surface area (Å²) in [6, 6.07) is 8.09. The Balaban J connectivity index is 1.87. The lowest BCUT2D eigenvalue weighted by atomic mass is 10.0. The van der Waals surface area contributed by atoms with Crippen LogP contribution >= 0.6 is 0 Å². The number of benzene rings is 1. The number of Topliss-reactive ketones (excluding diaryl/α,β-unsaturated/α-hetero) is 1. The summed E-state index contributed by atoms with van der Waals surface area (Å²) < 4.78 is 29.3. The van der Waals surface area contributed by atoms with Gasteiger partial charge in [0.1, 0.15) is 10.6 Å². The van der Waals surface area contributed by atoms with Crippen molar-refractivity contribution in [2.45, 2.75) is 38.5 Å². The molecule has 0 saturated carbocycles. The van der Waals surface area contributed by atoms with E-state index in [4.69, 9.17) is 0 Å². The SMILES string of the molecule is CC(=O)c1cccc(NC(=O)c2cc(S(=O)(=O)N3CCC(C)CC3)c(C)n2C)c1. The number of aromatic nitrogens is 1. The van der Waals surface area contributed by atoms with Gasteiger partial charge in [-0.2, -0.15) is 4.31 Å². The maximum absolute atomic E-state index is 13.1. The topological polar surface area (TPSA) is 88.5 Å². The first-order valence-electron chi connectivity index (χ1n) is 9.70. The van der Waals surface area contributed by atoms with Gasteiger partial charge in [0.25, 0.3) is 5.91 Å². The summed E-state index contributed by atoms with van der Waals surface area (Å²) in [6.07, 6.45) is 1.68. The molecule has 1 N–H and O–H groups in total. The number of piperidine rings is 1. The second kappa shape index (κ2) is 8.12. The third-order valence-electron chi connectivity index (χ3n) is 5.61. The van der Waals surface area contributed by atoms with Gasteiger partial charge in [-0.1, -0.05) is 19.1 Å². The molecule has 2 heterocycles. The first kappa shape index (κ1) is 21.3. The van der Waals surface area contributed by atoms with Crippen LogP contribution in [0.3, 0.4) is 0 Å². The maximum atomic E-state index is 13.1. The summed E-state index contributed by atoms with van der Waals surface area (Å²) in [5.74, 6) is -0.00418. The van der Waals surface area contributed by atoms with Gasteiger partial charge < -0.3 is 9.88 Å². The molecule has 1 aromatic carbocycles. The number of hydrogen-bond donors (Lipinski definition) is 1. The molecule has 0 bridgehead atoms. The van der Waals surface area contributed by atoms with Gasteiger partial charge in [-0.15, -0.1) is 0 Å². The van der Waals surface area contributed by atoms with Crippen LogP contribution in [-0.4, -0.2) is 42.1 Å². The number of sulfonamides is 1. The number of ketones is 1. The molecule has 2 aromatic rings.